The SMILES string of the molecule is Cc1nnc2n1C[C@H](C(=O)NCCc1cc(Cl)c3c(c1)OCCO3)CC2. The lowest BCUT2D eigenvalue weighted by atomic mass is 9.98. The van der Waals surface area contributed by atoms with E-state index in [2.05, 4.69) is 15.5 Å². The minimum atomic E-state index is -0.0407. The van der Waals surface area contributed by atoms with Crippen LogP contribution in [0.4, 0.5) is 0 Å². The van der Waals surface area contributed by atoms with Crippen molar-refractivity contribution >= 4 is 17.5 Å². The normalized spacial score (nSPS) is 18.3. The molecule has 1 amide bonds. The van der Waals surface area contributed by atoms with Crippen LogP contribution in [0.3, 0.4) is 0 Å². The van der Waals surface area contributed by atoms with E-state index in [0.717, 1.165) is 30.1 Å². The molecule has 1 aromatic carbocycles. The summed E-state index contributed by atoms with van der Waals surface area (Å²) in [5, 5.41) is 11.8. The number of hydrogen-bond donors (Lipinski definition) is 1. The largest absolute Gasteiger partial charge is 0.486 e. The van der Waals surface area contributed by atoms with Crippen LogP contribution in [0, 0.1) is 12.8 Å². The van der Waals surface area contributed by atoms with Gasteiger partial charge >= 0.3 is 0 Å². The van der Waals surface area contributed by atoms with Crippen molar-refractivity contribution in [2.45, 2.75) is 32.7 Å². The summed E-state index contributed by atoms with van der Waals surface area (Å²) in [6.07, 6.45) is 2.28. The first kappa shape index (κ1) is 17.1. The Kier molecular flexibility index (Phi) is 4.72. The van der Waals surface area contributed by atoms with Gasteiger partial charge in [0.15, 0.2) is 11.5 Å². The lowest BCUT2D eigenvalue weighted by Crippen LogP contribution is -2.37. The summed E-state index contributed by atoms with van der Waals surface area (Å²) in [4.78, 5) is 12.5. The van der Waals surface area contributed by atoms with Crippen molar-refractivity contribution in [3.05, 3.63) is 34.4 Å². The van der Waals surface area contributed by atoms with Gasteiger partial charge in [0.1, 0.15) is 24.9 Å². The number of halogens is 1. The summed E-state index contributed by atoms with van der Waals surface area (Å²) in [7, 11) is 0. The molecular formula is C18H21ClN4O3. The van der Waals surface area contributed by atoms with E-state index in [0.29, 0.717) is 49.2 Å². The fourth-order valence-electron chi connectivity index (χ4n) is 3.46. The molecule has 0 spiro atoms. The third-order valence-corrected chi connectivity index (χ3v) is 5.15. The standard InChI is InChI=1S/C18H21ClN4O3/c1-11-21-22-16-3-2-13(10-23(11)16)18(24)20-5-4-12-8-14(19)17-15(9-12)25-6-7-26-17/h8-9,13H,2-7,10H2,1H3,(H,20,24)/t13-/m1/s1. The van der Waals surface area contributed by atoms with Crippen LogP contribution in [0.25, 0.3) is 0 Å². The highest BCUT2D eigenvalue weighted by Crippen LogP contribution is 2.38. The minimum Gasteiger partial charge on any atom is -0.486 e. The van der Waals surface area contributed by atoms with Crippen molar-refractivity contribution in [1.82, 2.24) is 20.1 Å². The summed E-state index contributed by atoms with van der Waals surface area (Å²) < 4.78 is 13.2. The molecule has 0 bridgehead atoms. The van der Waals surface area contributed by atoms with E-state index < -0.39 is 0 Å². The van der Waals surface area contributed by atoms with Crippen LogP contribution in [0.5, 0.6) is 11.5 Å². The zero-order chi connectivity index (χ0) is 18.1. The van der Waals surface area contributed by atoms with Gasteiger partial charge in [0.25, 0.3) is 0 Å². The topological polar surface area (TPSA) is 78.3 Å². The number of fused-ring (bicyclic) bond motifs is 2. The van der Waals surface area contributed by atoms with Crippen molar-refractivity contribution in [3.8, 4) is 11.5 Å². The fraction of sp³-hybridized carbons (Fsp3) is 0.500. The third kappa shape index (κ3) is 3.35. The second kappa shape index (κ2) is 7.15. The van der Waals surface area contributed by atoms with E-state index in [1.807, 2.05) is 23.6 Å². The monoisotopic (exact) mass is 376 g/mol. The highest BCUT2D eigenvalue weighted by Gasteiger charge is 2.26. The van der Waals surface area contributed by atoms with Gasteiger partial charge in [-0.05, 0) is 37.5 Å². The van der Waals surface area contributed by atoms with Crippen molar-refractivity contribution in [3.63, 3.8) is 0 Å². The third-order valence-electron chi connectivity index (χ3n) is 4.87. The fourth-order valence-corrected chi connectivity index (χ4v) is 3.75. The maximum absolute atomic E-state index is 12.5. The van der Waals surface area contributed by atoms with Crippen LogP contribution in [-0.4, -0.2) is 40.4 Å². The van der Waals surface area contributed by atoms with Gasteiger partial charge < -0.3 is 19.4 Å². The quantitative estimate of drug-likeness (QED) is 0.882. The number of benzene rings is 1. The molecule has 0 radical (unpaired) electrons. The van der Waals surface area contributed by atoms with E-state index in [9.17, 15) is 4.79 Å². The summed E-state index contributed by atoms with van der Waals surface area (Å²) >= 11 is 6.26. The number of hydrogen-bond acceptors (Lipinski definition) is 5. The van der Waals surface area contributed by atoms with Crippen molar-refractivity contribution < 1.29 is 14.3 Å². The minimum absolute atomic E-state index is 0.0407. The van der Waals surface area contributed by atoms with E-state index >= 15 is 0 Å². The van der Waals surface area contributed by atoms with Gasteiger partial charge in [-0.3, -0.25) is 4.79 Å². The molecule has 138 valence electrons. The zero-order valence-electron chi connectivity index (χ0n) is 14.6. The number of carbonyl (C=O) groups is 1. The first-order valence-electron chi connectivity index (χ1n) is 8.86. The number of aryl methyl sites for hydroxylation is 2. The van der Waals surface area contributed by atoms with Crippen LogP contribution in [0.15, 0.2) is 12.1 Å². The molecule has 26 heavy (non-hydrogen) atoms. The summed E-state index contributed by atoms with van der Waals surface area (Å²) in [5.41, 5.74) is 1.01. The Morgan fingerprint density at radius 1 is 1.35 bits per heavy atom. The van der Waals surface area contributed by atoms with Gasteiger partial charge in [-0.25, -0.2) is 0 Å². The van der Waals surface area contributed by atoms with Gasteiger partial charge in [0, 0.05) is 19.5 Å². The number of rotatable bonds is 4. The molecule has 0 fully saturated rings. The Hall–Kier alpha value is -2.28. The molecule has 0 unspecified atom stereocenters. The second-order valence-corrected chi connectivity index (χ2v) is 7.06. The molecule has 3 heterocycles. The molecule has 8 heteroatoms. The van der Waals surface area contributed by atoms with E-state index in [1.165, 1.54) is 0 Å². The molecule has 1 aromatic heterocycles. The van der Waals surface area contributed by atoms with Crippen LogP contribution in [-0.2, 0) is 24.2 Å². The second-order valence-electron chi connectivity index (χ2n) is 6.65. The molecule has 2 aliphatic rings. The molecule has 1 N–H and O–H groups in total. The molecule has 2 aromatic rings. The lowest BCUT2D eigenvalue weighted by molar-refractivity contribution is -0.125. The molecular weight excluding hydrogens is 356 g/mol. The van der Waals surface area contributed by atoms with Crippen molar-refractivity contribution in [2.75, 3.05) is 19.8 Å². The Bertz CT molecular complexity index is 836. The maximum Gasteiger partial charge on any atom is 0.224 e. The van der Waals surface area contributed by atoms with Crippen LogP contribution in [0.2, 0.25) is 5.02 Å². The van der Waals surface area contributed by atoms with Gasteiger partial charge in [0.05, 0.1) is 10.9 Å². The Labute approximate surface area is 156 Å². The number of aromatic nitrogens is 3. The van der Waals surface area contributed by atoms with Gasteiger partial charge in [-0.15, -0.1) is 10.2 Å². The van der Waals surface area contributed by atoms with E-state index in [-0.39, 0.29) is 11.8 Å². The van der Waals surface area contributed by atoms with Gasteiger partial charge in [-0.1, -0.05) is 11.6 Å². The average molecular weight is 377 g/mol. The molecule has 0 aliphatic carbocycles. The summed E-state index contributed by atoms with van der Waals surface area (Å²) in [5.74, 6) is 3.15. The zero-order valence-corrected chi connectivity index (χ0v) is 15.4. The Balaban J connectivity index is 1.33. The summed E-state index contributed by atoms with van der Waals surface area (Å²) in [6, 6.07) is 3.80. The van der Waals surface area contributed by atoms with Crippen LogP contribution in [0.1, 0.15) is 23.6 Å². The molecule has 0 saturated carbocycles. The summed E-state index contributed by atoms with van der Waals surface area (Å²) in [6.45, 7) is 4.16. The number of ether oxygens (including phenoxy) is 2. The van der Waals surface area contributed by atoms with Crippen molar-refractivity contribution in [1.29, 1.82) is 0 Å². The van der Waals surface area contributed by atoms with Gasteiger partial charge in [-0.2, -0.15) is 0 Å². The lowest BCUT2D eigenvalue weighted by Gasteiger charge is -2.23. The number of amides is 1. The number of carbonyl (C=O) groups excluding carboxylic acids is 1. The molecule has 4 rings (SSSR count). The maximum atomic E-state index is 12.5. The highest BCUT2D eigenvalue weighted by molar-refractivity contribution is 6.32. The average Bonchev–Trinajstić information content (AvgIpc) is 3.02. The van der Waals surface area contributed by atoms with Gasteiger partial charge in [0.2, 0.25) is 5.91 Å². The molecule has 7 nitrogen and oxygen atoms in total. The number of nitrogens with one attached hydrogen (secondary N) is 1. The molecule has 2 aliphatic heterocycles. The smallest absolute Gasteiger partial charge is 0.224 e. The van der Waals surface area contributed by atoms with Crippen molar-refractivity contribution in [2.24, 2.45) is 5.92 Å². The predicted octanol–water partition coefficient (Wildman–Crippen LogP) is 1.93. The Morgan fingerprint density at radius 2 is 2.19 bits per heavy atom. The predicted molar refractivity (Wildman–Crippen MR) is 95.7 cm³/mol. The molecule has 1 atom stereocenters. The Morgan fingerprint density at radius 3 is 3.08 bits per heavy atom. The highest BCUT2D eigenvalue weighted by atomic mass is 35.5. The first-order chi connectivity index (χ1) is 12.6. The van der Waals surface area contributed by atoms with E-state index in [1.54, 1.807) is 0 Å². The van der Waals surface area contributed by atoms with Crippen LogP contribution < -0.4 is 14.8 Å². The van der Waals surface area contributed by atoms with Crippen LogP contribution >= 0.6 is 11.6 Å². The first-order valence-corrected chi connectivity index (χ1v) is 9.24. The van der Waals surface area contributed by atoms with E-state index in [4.69, 9.17) is 21.1 Å². The number of nitrogens with zero attached hydrogens (tertiary/aromatic N) is 3. The molecule has 0 saturated heterocycles.